The summed E-state index contributed by atoms with van der Waals surface area (Å²) in [5.74, 6) is 0. The molecule has 1 aliphatic heterocycles. The van der Waals surface area contributed by atoms with Crippen LogP contribution in [0.15, 0.2) is 4.99 Å². The molecular weight excluding hydrogens is 126 g/mol. The first kappa shape index (κ1) is 7.54. The molecule has 0 amide bonds. The molecule has 0 saturated heterocycles. The Kier molecular flexibility index (Phi) is 2.68. The van der Waals surface area contributed by atoms with Crippen molar-refractivity contribution in [1.29, 1.82) is 0 Å². The summed E-state index contributed by atoms with van der Waals surface area (Å²) in [6.07, 6.45) is 3.11. The summed E-state index contributed by atoms with van der Waals surface area (Å²) in [5.41, 5.74) is 0. The van der Waals surface area contributed by atoms with E-state index in [4.69, 9.17) is 0 Å². The zero-order valence-corrected chi connectivity index (χ0v) is 6.75. The maximum Gasteiger partial charge on any atom is 0.0995 e. The maximum absolute atomic E-state index is 4.13. The van der Waals surface area contributed by atoms with Gasteiger partial charge in [0.05, 0.1) is 19.4 Å². The van der Waals surface area contributed by atoms with Crippen LogP contribution in [-0.4, -0.2) is 43.0 Å². The van der Waals surface area contributed by atoms with Crippen LogP contribution in [0.4, 0.5) is 0 Å². The summed E-state index contributed by atoms with van der Waals surface area (Å²) in [5, 5.41) is 4.36. The molecule has 10 heavy (non-hydrogen) atoms. The second kappa shape index (κ2) is 3.56. The molecule has 0 aromatic heterocycles. The third-order valence-corrected chi connectivity index (χ3v) is 1.66. The van der Waals surface area contributed by atoms with Gasteiger partial charge in [0, 0.05) is 13.6 Å². The van der Waals surface area contributed by atoms with Gasteiger partial charge >= 0.3 is 0 Å². The van der Waals surface area contributed by atoms with Gasteiger partial charge in [-0.2, -0.15) is 0 Å². The minimum Gasteiger partial charge on any atom is -0.294 e. The van der Waals surface area contributed by atoms with Gasteiger partial charge < -0.3 is 0 Å². The highest BCUT2D eigenvalue weighted by Gasteiger charge is 2.08. The van der Waals surface area contributed by atoms with Gasteiger partial charge in [-0.05, 0) is 6.42 Å². The SMILES string of the molecule is CCCN(C)N1C=NCC1. The van der Waals surface area contributed by atoms with Gasteiger partial charge in [-0.1, -0.05) is 6.92 Å². The first-order valence-electron chi connectivity index (χ1n) is 3.82. The van der Waals surface area contributed by atoms with Gasteiger partial charge in [0.15, 0.2) is 0 Å². The molecule has 1 rings (SSSR count). The lowest BCUT2D eigenvalue weighted by Gasteiger charge is -2.25. The van der Waals surface area contributed by atoms with E-state index in [2.05, 4.69) is 29.0 Å². The second-order valence-electron chi connectivity index (χ2n) is 2.57. The molecule has 0 saturated carbocycles. The summed E-state index contributed by atoms with van der Waals surface area (Å²) in [6, 6.07) is 0. The van der Waals surface area contributed by atoms with Crippen LogP contribution in [0.3, 0.4) is 0 Å². The van der Waals surface area contributed by atoms with Crippen molar-refractivity contribution in [3.63, 3.8) is 0 Å². The van der Waals surface area contributed by atoms with Crippen molar-refractivity contribution in [2.45, 2.75) is 13.3 Å². The van der Waals surface area contributed by atoms with E-state index in [-0.39, 0.29) is 0 Å². The Morgan fingerprint density at radius 2 is 2.50 bits per heavy atom. The minimum absolute atomic E-state index is 0.952. The fourth-order valence-electron chi connectivity index (χ4n) is 1.08. The number of hydrogen-bond acceptors (Lipinski definition) is 3. The number of hydrogen-bond donors (Lipinski definition) is 0. The van der Waals surface area contributed by atoms with Crippen LogP contribution in [0.1, 0.15) is 13.3 Å². The van der Waals surface area contributed by atoms with E-state index in [9.17, 15) is 0 Å². The highest BCUT2D eigenvalue weighted by atomic mass is 15.6. The Labute approximate surface area is 62.3 Å². The Bertz CT molecular complexity index is 122. The standard InChI is InChI=1S/C7H15N3/c1-3-5-9(2)10-6-4-8-7-10/h7H,3-6H2,1-2H3. The summed E-state index contributed by atoms with van der Waals surface area (Å²) in [6.45, 7) is 5.31. The first-order valence-corrected chi connectivity index (χ1v) is 3.82. The van der Waals surface area contributed by atoms with E-state index >= 15 is 0 Å². The van der Waals surface area contributed by atoms with Crippen LogP contribution < -0.4 is 0 Å². The molecule has 1 aliphatic rings. The molecule has 1 heterocycles. The summed E-state index contributed by atoms with van der Waals surface area (Å²) < 4.78 is 0. The molecule has 0 spiro atoms. The fourth-order valence-corrected chi connectivity index (χ4v) is 1.08. The van der Waals surface area contributed by atoms with Crippen LogP contribution >= 0.6 is 0 Å². The summed E-state index contributed by atoms with van der Waals surface area (Å²) in [7, 11) is 2.10. The molecule has 0 atom stereocenters. The average Bonchev–Trinajstić information content (AvgIpc) is 2.38. The third-order valence-electron chi connectivity index (χ3n) is 1.66. The fraction of sp³-hybridized carbons (Fsp3) is 0.857. The van der Waals surface area contributed by atoms with Crippen molar-refractivity contribution in [3.05, 3.63) is 0 Å². The summed E-state index contributed by atoms with van der Waals surface area (Å²) in [4.78, 5) is 4.13. The van der Waals surface area contributed by atoms with E-state index in [1.807, 2.05) is 6.34 Å². The first-order chi connectivity index (χ1) is 4.84. The molecule has 0 unspecified atom stereocenters. The zero-order chi connectivity index (χ0) is 7.40. The molecule has 3 heteroatoms. The Balaban J connectivity index is 2.26. The van der Waals surface area contributed by atoms with Crippen molar-refractivity contribution >= 4 is 6.34 Å². The van der Waals surface area contributed by atoms with Gasteiger partial charge in [0.1, 0.15) is 0 Å². The van der Waals surface area contributed by atoms with Crippen molar-refractivity contribution in [2.24, 2.45) is 4.99 Å². The van der Waals surface area contributed by atoms with Gasteiger partial charge in [-0.3, -0.25) is 10.0 Å². The number of hydrazine groups is 1. The van der Waals surface area contributed by atoms with Crippen molar-refractivity contribution < 1.29 is 0 Å². The van der Waals surface area contributed by atoms with Gasteiger partial charge in [0.25, 0.3) is 0 Å². The molecule has 0 N–H and O–H groups in total. The van der Waals surface area contributed by atoms with Crippen molar-refractivity contribution in [2.75, 3.05) is 26.7 Å². The van der Waals surface area contributed by atoms with Gasteiger partial charge in [-0.15, -0.1) is 0 Å². The van der Waals surface area contributed by atoms with Crippen molar-refractivity contribution in [1.82, 2.24) is 10.0 Å². The normalized spacial score (nSPS) is 17.3. The minimum atomic E-state index is 0.952. The Morgan fingerprint density at radius 1 is 1.70 bits per heavy atom. The van der Waals surface area contributed by atoms with E-state index in [0.717, 1.165) is 19.6 Å². The number of aliphatic imine (C=N–C) groups is 1. The number of nitrogens with zero attached hydrogens (tertiary/aromatic N) is 3. The predicted octanol–water partition coefficient (Wildman–Crippen LogP) is 0.587. The van der Waals surface area contributed by atoms with E-state index in [1.165, 1.54) is 6.42 Å². The van der Waals surface area contributed by atoms with Crippen LogP contribution in [0.5, 0.6) is 0 Å². The van der Waals surface area contributed by atoms with Crippen LogP contribution in [0.2, 0.25) is 0 Å². The van der Waals surface area contributed by atoms with Gasteiger partial charge in [0.2, 0.25) is 0 Å². The van der Waals surface area contributed by atoms with Crippen molar-refractivity contribution in [3.8, 4) is 0 Å². The summed E-state index contributed by atoms with van der Waals surface area (Å²) >= 11 is 0. The molecule has 58 valence electrons. The largest absolute Gasteiger partial charge is 0.294 e. The smallest absolute Gasteiger partial charge is 0.0995 e. The van der Waals surface area contributed by atoms with E-state index in [1.54, 1.807) is 0 Å². The average molecular weight is 141 g/mol. The maximum atomic E-state index is 4.13. The Hall–Kier alpha value is -0.570. The number of rotatable bonds is 3. The molecular formula is C7H15N3. The van der Waals surface area contributed by atoms with E-state index in [0.29, 0.717) is 0 Å². The van der Waals surface area contributed by atoms with Crippen LogP contribution in [0.25, 0.3) is 0 Å². The highest BCUT2D eigenvalue weighted by molar-refractivity contribution is 5.56. The zero-order valence-electron chi connectivity index (χ0n) is 6.75. The molecule has 3 nitrogen and oxygen atoms in total. The molecule has 0 aliphatic carbocycles. The quantitative estimate of drug-likeness (QED) is 0.572. The topological polar surface area (TPSA) is 18.8 Å². The van der Waals surface area contributed by atoms with E-state index < -0.39 is 0 Å². The van der Waals surface area contributed by atoms with Crippen LogP contribution in [-0.2, 0) is 0 Å². The molecule has 0 bridgehead atoms. The lowest BCUT2D eigenvalue weighted by atomic mass is 10.5. The lowest BCUT2D eigenvalue weighted by molar-refractivity contribution is 0.0946. The predicted molar refractivity (Wildman–Crippen MR) is 43.0 cm³/mol. The van der Waals surface area contributed by atoms with Crippen LogP contribution in [0, 0.1) is 0 Å². The molecule has 0 aromatic carbocycles. The molecule has 0 radical (unpaired) electrons. The Morgan fingerprint density at radius 3 is 3.00 bits per heavy atom. The monoisotopic (exact) mass is 141 g/mol. The van der Waals surface area contributed by atoms with Gasteiger partial charge in [-0.25, -0.2) is 5.01 Å². The second-order valence-corrected chi connectivity index (χ2v) is 2.57. The highest BCUT2D eigenvalue weighted by Crippen LogP contribution is 1.97. The third kappa shape index (κ3) is 1.70. The lowest BCUT2D eigenvalue weighted by Crippen LogP contribution is -2.37. The molecule has 0 fully saturated rings. The molecule has 0 aromatic rings.